The smallest absolute Gasteiger partial charge is 0.301 e. The average molecular weight is 521 g/mol. The number of aromatic nitrogens is 4. The second kappa shape index (κ2) is 9.00. The predicted molar refractivity (Wildman–Crippen MR) is 137 cm³/mol. The molecular weight excluding hydrogens is 495 g/mol. The van der Waals surface area contributed by atoms with Gasteiger partial charge in [0.2, 0.25) is 0 Å². The maximum absolute atomic E-state index is 15.6. The summed E-state index contributed by atoms with van der Waals surface area (Å²) in [4.78, 5) is 29.9. The number of halogens is 1. The topological polar surface area (TPSA) is 121 Å². The van der Waals surface area contributed by atoms with Crippen LogP contribution >= 0.6 is 0 Å². The zero-order valence-electron chi connectivity index (χ0n) is 20.2. The zero-order valence-corrected chi connectivity index (χ0v) is 21.0. The zero-order chi connectivity index (χ0) is 25.7. The van der Waals surface area contributed by atoms with Gasteiger partial charge in [0, 0.05) is 65.9 Å². The van der Waals surface area contributed by atoms with Crippen molar-refractivity contribution in [1.82, 2.24) is 24.2 Å². The molecular formula is C26H25FN6O3S. The van der Waals surface area contributed by atoms with Gasteiger partial charge >= 0.3 is 10.2 Å². The monoisotopic (exact) mass is 520 g/mol. The number of carbonyl (C=O) groups excluding carboxylic acids is 1. The van der Waals surface area contributed by atoms with Crippen molar-refractivity contribution in [2.45, 2.75) is 38.5 Å². The minimum Gasteiger partial charge on any atom is -0.345 e. The number of rotatable bonds is 7. The summed E-state index contributed by atoms with van der Waals surface area (Å²) in [6.45, 7) is 2.38. The number of aromatic amines is 1. The van der Waals surface area contributed by atoms with Gasteiger partial charge in [0.1, 0.15) is 11.5 Å². The first kappa shape index (κ1) is 23.7. The van der Waals surface area contributed by atoms with Crippen LogP contribution in [0.2, 0.25) is 0 Å². The fraction of sp³-hybridized carbons (Fsp3) is 0.308. The van der Waals surface area contributed by atoms with E-state index < -0.39 is 21.8 Å². The first-order valence-corrected chi connectivity index (χ1v) is 13.7. The summed E-state index contributed by atoms with van der Waals surface area (Å²) in [6, 6.07) is 4.68. The Bertz CT molecular complexity index is 1620. The number of ketones is 1. The highest BCUT2D eigenvalue weighted by molar-refractivity contribution is 7.90. The first-order chi connectivity index (χ1) is 17.8. The van der Waals surface area contributed by atoms with Crippen LogP contribution < -0.4 is 4.72 Å². The minimum absolute atomic E-state index is 0.190. The maximum Gasteiger partial charge on any atom is 0.301 e. The van der Waals surface area contributed by atoms with Crippen LogP contribution in [-0.2, 0) is 10.2 Å². The Morgan fingerprint density at radius 1 is 1.08 bits per heavy atom. The van der Waals surface area contributed by atoms with Gasteiger partial charge in [0.25, 0.3) is 0 Å². The molecule has 1 aliphatic heterocycles. The lowest BCUT2D eigenvalue weighted by Crippen LogP contribution is -2.33. The highest BCUT2D eigenvalue weighted by Crippen LogP contribution is 2.38. The van der Waals surface area contributed by atoms with Gasteiger partial charge in [0.15, 0.2) is 11.6 Å². The van der Waals surface area contributed by atoms with Gasteiger partial charge < -0.3 is 4.98 Å². The van der Waals surface area contributed by atoms with Crippen LogP contribution in [0.5, 0.6) is 0 Å². The molecule has 0 radical (unpaired) electrons. The molecule has 190 valence electrons. The molecule has 1 saturated heterocycles. The molecule has 3 aromatic heterocycles. The van der Waals surface area contributed by atoms with Gasteiger partial charge in [0.05, 0.1) is 11.3 Å². The third kappa shape index (κ3) is 4.38. The molecule has 1 aliphatic carbocycles. The van der Waals surface area contributed by atoms with Crippen LogP contribution in [0, 0.1) is 12.7 Å². The van der Waals surface area contributed by atoms with Gasteiger partial charge in [-0.1, -0.05) is 6.07 Å². The van der Waals surface area contributed by atoms with Crippen LogP contribution in [-0.4, -0.2) is 51.5 Å². The van der Waals surface area contributed by atoms with Crippen LogP contribution in [0.4, 0.5) is 10.1 Å². The third-order valence-corrected chi connectivity index (χ3v) is 8.47. The summed E-state index contributed by atoms with van der Waals surface area (Å²) in [5, 5.41) is 0.524. The number of carbonyl (C=O) groups is 1. The molecule has 1 saturated carbocycles. The SMILES string of the molecule is Cc1ccc(NS(=O)(=O)N2CCCC2)c(F)c1C(=O)c1c[nH]c2ncc(-c3cnc(C4CC4)nc3)cc12. The molecule has 0 unspecified atom stereocenters. The molecule has 9 nitrogen and oxygen atoms in total. The first-order valence-electron chi connectivity index (χ1n) is 12.2. The second-order valence-corrected chi connectivity index (χ2v) is 11.3. The molecule has 11 heteroatoms. The van der Waals surface area contributed by atoms with Crippen molar-refractivity contribution in [1.29, 1.82) is 0 Å². The molecule has 2 N–H and O–H groups in total. The van der Waals surface area contributed by atoms with Crippen molar-refractivity contribution >= 4 is 32.7 Å². The van der Waals surface area contributed by atoms with E-state index in [-0.39, 0.29) is 16.8 Å². The van der Waals surface area contributed by atoms with E-state index in [1.807, 2.05) is 0 Å². The van der Waals surface area contributed by atoms with Crippen LogP contribution in [0.3, 0.4) is 0 Å². The number of aryl methyl sites for hydroxylation is 1. The summed E-state index contributed by atoms with van der Waals surface area (Å²) in [5.41, 5.74) is 2.16. The van der Waals surface area contributed by atoms with E-state index in [0.29, 0.717) is 35.6 Å². The lowest BCUT2D eigenvalue weighted by atomic mass is 9.97. The highest BCUT2D eigenvalue weighted by atomic mass is 32.2. The van der Waals surface area contributed by atoms with E-state index in [1.54, 1.807) is 31.6 Å². The number of nitrogens with one attached hydrogen (secondary N) is 2. The Hall–Kier alpha value is -3.70. The van der Waals surface area contributed by atoms with Crippen molar-refractivity contribution in [2.24, 2.45) is 0 Å². The van der Waals surface area contributed by atoms with Crippen molar-refractivity contribution in [3.63, 3.8) is 0 Å². The number of hydrogen-bond acceptors (Lipinski definition) is 6. The number of fused-ring (bicyclic) bond motifs is 1. The molecule has 6 rings (SSSR count). The number of hydrogen-bond donors (Lipinski definition) is 2. The molecule has 37 heavy (non-hydrogen) atoms. The van der Waals surface area contributed by atoms with E-state index in [1.165, 1.54) is 22.6 Å². The summed E-state index contributed by atoms with van der Waals surface area (Å²) in [5.74, 6) is -0.197. The van der Waals surface area contributed by atoms with Gasteiger partial charge in [-0.05, 0) is 50.3 Å². The summed E-state index contributed by atoms with van der Waals surface area (Å²) in [6.07, 6.45) is 10.4. The molecule has 0 atom stereocenters. The predicted octanol–water partition coefficient (Wildman–Crippen LogP) is 4.33. The van der Waals surface area contributed by atoms with Crippen molar-refractivity contribution in [3.8, 4) is 11.1 Å². The molecule has 0 spiro atoms. The van der Waals surface area contributed by atoms with Gasteiger partial charge in [-0.2, -0.15) is 12.7 Å². The molecule has 4 aromatic rings. The average Bonchev–Trinajstić information content (AvgIpc) is 3.40. The Kier molecular flexibility index (Phi) is 5.76. The Morgan fingerprint density at radius 2 is 1.78 bits per heavy atom. The van der Waals surface area contributed by atoms with E-state index in [4.69, 9.17) is 0 Å². The molecule has 2 aliphatic rings. The highest BCUT2D eigenvalue weighted by Gasteiger charge is 2.29. The van der Waals surface area contributed by atoms with Crippen molar-refractivity contribution < 1.29 is 17.6 Å². The Morgan fingerprint density at radius 3 is 2.49 bits per heavy atom. The van der Waals surface area contributed by atoms with Gasteiger partial charge in [-0.3, -0.25) is 9.52 Å². The third-order valence-electron chi connectivity index (χ3n) is 6.94. The number of nitrogens with zero attached hydrogens (tertiary/aromatic N) is 4. The minimum atomic E-state index is -3.92. The van der Waals surface area contributed by atoms with Crippen molar-refractivity contribution in [2.75, 3.05) is 17.8 Å². The Balaban J connectivity index is 1.35. The number of benzene rings is 1. The lowest BCUT2D eigenvalue weighted by Gasteiger charge is -2.18. The molecule has 0 bridgehead atoms. The summed E-state index contributed by atoms with van der Waals surface area (Å²) >= 11 is 0. The largest absolute Gasteiger partial charge is 0.345 e. The summed E-state index contributed by atoms with van der Waals surface area (Å²) < 4.78 is 44.6. The van der Waals surface area contributed by atoms with Crippen molar-refractivity contribution in [3.05, 3.63) is 71.3 Å². The molecule has 4 heterocycles. The van der Waals surface area contributed by atoms with Crippen LogP contribution in [0.15, 0.2) is 43.0 Å². The van der Waals surface area contributed by atoms with E-state index in [0.717, 1.165) is 42.6 Å². The normalized spacial score (nSPS) is 16.4. The quantitative estimate of drug-likeness (QED) is 0.350. The lowest BCUT2D eigenvalue weighted by molar-refractivity contribution is 0.103. The Labute approximate surface area is 213 Å². The van der Waals surface area contributed by atoms with Gasteiger partial charge in [-0.25, -0.2) is 19.3 Å². The maximum atomic E-state index is 15.6. The second-order valence-electron chi connectivity index (χ2n) is 9.59. The standard InChI is InChI=1S/C26H25FN6O3S/c1-15-4-7-21(32-37(35,36)33-8-2-3-9-33)23(27)22(15)24(34)20-14-31-26-19(20)10-17(11-30-26)18-12-28-25(29-13-18)16-5-6-16/h4,7,10-14,16,32H,2-3,5-6,8-9H2,1H3,(H,30,31). The van der Waals surface area contributed by atoms with E-state index in [2.05, 4.69) is 24.7 Å². The van der Waals surface area contributed by atoms with E-state index in [9.17, 15) is 13.2 Å². The number of H-pyrrole nitrogens is 1. The number of pyridine rings is 1. The van der Waals surface area contributed by atoms with Gasteiger partial charge in [-0.15, -0.1) is 0 Å². The number of anilines is 1. The van der Waals surface area contributed by atoms with Crippen LogP contribution in [0.25, 0.3) is 22.2 Å². The van der Waals surface area contributed by atoms with Crippen LogP contribution in [0.1, 0.15) is 58.9 Å². The molecule has 1 aromatic carbocycles. The van der Waals surface area contributed by atoms with E-state index >= 15 is 4.39 Å². The molecule has 0 amide bonds. The fourth-order valence-corrected chi connectivity index (χ4v) is 5.99. The fourth-order valence-electron chi connectivity index (χ4n) is 4.69. The summed E-state index contributed by atoms with van der Waals surface area (Å²) in [7, 11) is -3.92. The molecule has 2 fully saturated rings.